The van der Waals surface area contributed by atoms with E-state index in [4.69, 9.17) is 0 Å². The third-order valence-electron chi connectivity index (χ3n) is 4.94. The molecular weight excluding hydrogens is 396 g/mol. The summed E-state index contributed by atoms with van der Waals surface area (Å²) in [5, 5.41) is 2.24. The van der Waals surface area contributed by atoms with Crippen LogP contribution < -0.4 is 0 Å². The summed E-state index contributed by atoms with van der Waals surface area (Å²) in [4.78, 5) is 1.53. The first-order valence-electron chi connectivity index (χ1n) is 9.89. The van der Waals surface area contributed by atoms with Gasteiger partial charge in [0.15, 0.2) is 0 Å². The third-order valence-corrected chi connectivity index (χ3v) is 8.48. The second kappa shape index (κ2) is 11.7. The fraction of sp³-hybridized carbons (Fsp3) is 0.714. The Labute approximate surface area is 165 Å². The van der Waals surface area contributed by atoms with Gasteiger partial charge >= 0.3 is 0 Å². The van der Waals surface area contributed by atoms with Crippen LogP contribution >= 0.6 is 38.6 Å². The molecule has 0 aliphatic carbocycles. The van der Waals surface area contributed by atoms with Crippen molar-refractivity contribution in [2.45, 2.75) is 97.3 Å². The summed E-state index contributed by atoms with van der Waals surface area (Å²) in [7, 11) is 0. The zero-order valence-electron chi connectivity index (χ0n) is 15.5. The molecule has 2 rings (SSSR count). The van der Waals surface area contributed by atoms with Gasteiger partial charge in [-0.15, -0.1) is 22.7 Å². The monoisotopic (exact) mass is 428 g/mol. The van der Waals surface area contributed by atoms with E-state index in [0.717, 1.165) is 0 Å². The number of rotatable bonds is 13. The lowest BCUT2D eigenvalue weighted by molar-refractivity contribution is 0.544. The van der Waals surface area contributed by atoms with Crippen molar-refractivity contribution in [3.05, 3.63) is 20.3 Å². The molecule has 0 amide bonds. The SMILES string of the molecule is CCCCCCCCCCCCCCc1c(C)sc2c(Br)csc12. The van der Waals surface area contributed by atoms with Crippen molar-refractivity contribution in [2.75, 3.05) is 0 Å². The highest BCUT2D eigenvalue weighted by Gasteiger charge is 2.12. The Morgan fingerprint density at radius 3 is 1.92 bits per heavy atom. The number of thiophene rings is 2. The summed E-state index contributed by atoms with van der Waals surface area (Å²) in [6.45, 7) is 4.58. The minimum atomic E-state index is 1.27. The van der Waals surface area contributed by atoms with Crippen molar-refractivity contribution in [2.24, 2.45) is 0 Å². The molecule has 0 saturated carbocycles. The van der Waals surface area contributed by atoms with E-state index in [1.807, 2.05) is 22.7 Å². The van der Waals surface area contributed by atoms with E-state index in [0.29, 0.717) is 0 Å². The highest BCUT2D eigenvalue weighted by Crippen LogP contribution is 2.41. The van der Waals surface area contributed by atoms with Crippen LogP contribution in [0.5, 0.6) is 0 Å². The van der Waals surface area contributed by atoms with E-state index < -0.39 is 0 Å². The van der Waals surface area contributed by atoms with E-state index in [-0.39, 0.29) is 0 Å². The van der Waals surface area contributed by atoms with Crippen LogP contribution in [0.4, 0.5) is 0 Å². The molecule has 0 aliphatic rings. The van der Waals surface area contributed by atoms with Crippen LogP contribution in [0.25, 0.3) is 9.40 Å². The van der Waals surface area contributed by atoms with Gasteiger partial charge in [-0.05, 0) is 41.3 Å². The highest BCUT2D eigenvalue weighted by molar-refractivity contribution is 9.10. The Hall–Kier alpha value is 0.140. The van der Waals surface area contributed by atoms with Gasteiger partial charge < -0.3 is 0 Å². The largest absolute Gasteiger partial charge is 0.141 e. The van der Waals surface area contributed by atoms with Crippen molar-refractivity contribution >= 4 is 48.0 Å². The predicted molar refractivity (Wildman–Crippen MR) is 117 cm³/mol. The van der Waals surface area contributed by atoms with Gasteiger partial charge in [0, 0.05) is 19.4 Å². The number of hydrogen-bond acceptors (Lipinski definition) is 2. The molecule has 0 unspecified atom stereocenters. The number of fused-ring (bicyclic) bond motifs is 1. The van der Waals surface area contributed by atoms with Crippen molar-refractivity contribution in [1.82, 2.24) is 0 Å². The van der Waals surface area contributed by atoms with Gasteiger partial charge in [0.25, 0.3) is 0 Å². The van der Waals surface area contributed by atoms with Crippen LogP contribution in [0.15, 0.2) is 9.85 Å². The normalized spacial score (nSPS) is 11.6. The first-order valence-corrected chi connectivity index (χ1v) is 12.4. The fourth-order valence-corrected chi connectivity index (χ4v) is 6.66. The third kappa shape index (κ3) is 6.46. The molecule has 2 heterocycles. The lowest BCUT2D eigenvalue weighted by Gasteiger charge is -2.03. The molecule has 2 aromatic rings. The van der Waals surface area contributed by atoms with Crippen molar-refractivity contribution in [3.63, 3.8) is 0 Å². The summed E-state index contributed by atoms with van der Waals surface area (Å²) in [5.74, 6) is 0. The molecule has 0 radical (unpaired) electrons. The molecule has 136 valence electrons. The molecular formula is C21H33BrS2. The number of unbranched alkanes of at least 4 members (excludes halogenated alkanes) is 11. The van der Waals surface area contributed by atoms with E-state index in [2.05, 4.69) is 35.2 Å². The molecule has 0 atom stereocenters. The molecule has 0 aliphatic heterocycles. The number of aryl methyl sites for hydroxylation is 2. The summed E-state index contributed by atoms with van der Waals surface area (Å²) in [6, 6.07) is 0. The number of halogens is 1. The van der Waals surface area contributed by atoms with Gasteiger partial charge in [0.2, 0.25) is 0 Å². The molecule has 3 heteroatoms. The number of hydrogen-bond donors (Lipinski definition) is 0. The maximum atomic E-state index is 3.68. The summed E-state index contributed by atoms with van der Waals surface area (Å²) >= 11 is 7.54. The van der Waals surface area contributed by atoms with Crippen molar-refractivity contribution in [3.8, 4) is 0 Å². The Balaban J connectivity index is 1.50. The lowest BCUT2D eigenvalue weighted by atomic mass is 10.0. The molecule has 2 aromatic heterocycles. The minimum Gasteiger partial charge on any atom is -0.141 e. The molecule has 0 N–H and O–H groups in total. The Morgan fingerprint density at radius 2 is 1.33 bits per heavy atom. The van der Waals surface area contributed by atoms with Gasteiger partial charge in [-0.25, -0.2) is 0 Å². The summed E-state index contributed by atoms with van der Waals surface area (Å²) in [6.07, 6.45) is 18.4. The fourth-order valence-electron chi connectivity index (χ4n) is 3.44. The topological polar surface area (TPSA) is 0 Å². The average molecular weight is 430 g/mol. The summed E-state index contributed by atoms with van der Waals surface area (Å²) in [5.41, 5.74) is 1.62. The molecule has 0 aromatic carbocycles. The van der Waals surface area contributed by atoms with Crippen molar-refractivity contribution < 1.29 is 0 Å². The van der Waals surface area contributed by atoms with Gasteiger partial charge in [-0.2, -0.15) is 0 Å². The highest BCUT2D eigenvalue weighted by atomic mass is 79.9. The zero-order chi connectivity index (χ0) is 17.2. The molecule has 0 nitrogen and oxygen atoms in total. The summed E-state index contributed by atoms with van der Waals surface area (Å²) < 4.78 is 4.29. The second-order valence-electron chi connectivity index (χ2n) is 7.02. The van der Waals surface area contributed by atoms with Crippen LogP contribution in [-0.4, -0.2) is 0 Å². The van der Waals surface area contributed by atoms with Crippen LogP contribution in [-0.2, 0) is 6.42 Å². The van der Waals surface area contributed by atoms with Crippen LogP contribution in [0.3, 0.4) is 0 Å². The average Bonchev–Trinajstić information content (AvgIpc) is 3.08. The Bertz CT molecular complexity index is 582. The zero-order valence-corrected chi connectivity index (χ0v) is 18.7. The van der Waals surface area contributed by atoms with E-state index >= 15 is 0 Å². The van der Waals surface area contributed by atoms with Gasteiger partial charge in [-0.3, -0.25) is 0 Å². The molecule has 0 spiro atoms. The van der Waals surface area contributed by atoms with E-state index in [1.54, 1.807) is 5.56 Å². The molecule has 0 fully saturated rings. The van der Waals surface area contributed by atoms with Crippen LogP contribution in [0, 0.1) is 6.92 Å². The lowest BCUT2D eigenvalue weighted by Crippen LogP contribution is -1.87. The predicted octanol–water partition coefficient (Wildman–Crippen LogP) is 9.28. The van der Waals surface area contributed by atoms with Gasteiger partial charge in [0.1, 0.15) is 0 Å². The Morgan fingerprint density at radius 1 is 0.792 bits per heavy atom. The van der Waals surface area contributed by atoms with Gasteiger partial charge in [0.05, 0.1) is 4.70 Å². The van der Waals surface area contributed by atoms with Gasteiger partial charge in [-0.1, -0.05) is 77.6 Å². The molecule has 0 saturated heterocycles. The van der Waals surface area contributed by atoms with Crippen LogP contribution in [0.1, 0.15) is 94.4 Å². The second-order valence-corrected chi connectivity index (χ2v) is 9.98. The molecule has 24 heavy (non-hydrogen) atoms. The standard InChI is InChI=1S/C21H33BrS2/c1-3-4-5-6-7-8-9-10-11-12-13-14-15-18-17(2)24-21-19(22)16-23-20(18)21/h16H,3-15H2,1-2H3. The van der Waals surface area contributed by atoms with Crippen molar-refractivity contribution in [1.29, 1.82) is 0 Å². The minimum absolute atomic E-state index is 1.27. The van der Waals surface area contributed by atoms with E-state index in [9.17, 15) is 0 Å². The Kier molecular flexibility index (Phi) is 9.97. The van der Waals surface area contributed by atoms with E-state index in [1.165, 1.54) is 102 Å². The van der Waals surface area contributed by atoms with Crippen LogP contribution in [0.2, 0.25) is 0 Å². The smallest absolute Gasteiger partial charge is 0.0598 e. The quantitative estimate of drug-likeness (QED) is 0.278. The molecule has 0 bridgehead atoms. The maximum absolute atomic E-state index is 3.68. The maximum Gasteiger partial charge on any atom is 0.0598 e. The first kappa shape index (κ1) is 20.5. The first-order chi connectivity index (χ1) is 11.7.